The smallest absolute Gasteiger partial charge is 0.336 e. The molecule has 2 aliphatic rings. The van der Waals surface area contributed by atoms with Crippen LogP contribution < -0.4 is 15.0 Å². The summed E-state index contributed by atoms with van der Waals surface area (Å²) in [6.07, 6.45) is 1.10. The fourth-order valence-corrected chi connectivity index (χ4v) is 5.33. The summed E-state index contributed by atoms with van der Waals surface area (Å²) in [6, 6.07) is 16.1. The highest BCUT2D eigenvalue weighted by Crippen LogP contribution is 2.46. The van der Waals surface area contributed by atoms with E-state index in [9.17, 15) is 9.59 Å². The Morgan fingerprint density at radius 2 is 1.60 bits per heavy atom. The summed E-state index contributed by atoms with van der Waals surface area (Å²) in [5, 5.41) is 3.39. The number of carbonyl (C=O) groups is 2. The third-order valence-corrected chi connectivity index (χ3v) is 7.18. The maximum absolute atomic E-state index is 13.6. The van der Waals surface area contributed by atoms with Gasteiger partial charge in [0.1, 0.15) is 5.75 Å². The molecule has 2 aromatic carbocycles. The molecular weight excluding hydrogens is 440 g/mol. The first-order valence-corrected chi connectivity index (χ1v) is 12.2. The van der Waals surface area contributed by atoms with E-state index in [-0.39, 0.29) is 11.7 Å². The molecule has 6 heteroatoms. The van der Waals surface area contributed by atoms with Crippen molar-refractivity contribution >= 4 is 17.4 Å². The van der Waals surface area contributed by atoms with Crippen molar-refractivity contribution in [1.29, 1.82) is 0 Å². The molecule has 184 valence electrons. The number of ether oxygens (including phenoxy) is 2. The Balaban J connectivity index is 1.74. The third-order valence-electron chi connectivity index (χ3n) is 7.18. The monoisotopic (exact) mass is 474 g/mol. The highest BCUT2D eigenvalue weighted by molar-refractivity contribution is 6.04. The molecule has 0 radical (unpaired) electrons. The zero-order valence-corrected chi connectivity index (χ0v) is 21.2. The molecule has 0 aromatic heterocycles. The van der Waals surface area contributed by atoms with Gasteiger partial charge in [0.15, 0.2) is 5.78 Å². The van der Waals surface area contributed by atoms with Gasteiger partial charge in [-0.25, -0.2) is 4.79 Å². The lowest BCUT2D eigenvalue weighted by molar-refractivity contribution is -0.136. The lowest BCUT2D eigenvalue weighted by atomic mass is 9.71. The number of methoxy groups -OCH3 is 2. The van der Waals surface area contributed by atoms with E-state index >= 15 is 0 Å². The van der Waals surface area contributed by atoms with Crippen LogP contribution in [0.4, 0.5) is 5.69 Å². The molecular formula is C29H34N2O4. The Morgan fingerprint density at radius 1 is 0.971 bits per heavy atom. The van der Waals surface area contributed by atoms with Crippen molar-refractivity contribution in [3.05, 3.63) is 82.2 Å². The van der Waals surface area contributed by atoms with Gasteiger partial charge >= 0.3 is 5.97 Å². The highest BCUT2D eigenvalue weighted by Gasteiger charge is 2.41. The number of Topliss-reactive ketones (excluding diaryl/α,β-unsaturated/α-hetero) is 1. The topological polar surface area (TPSA) is 67.9 Å². The second kappa shape index (κ2) is 10.4. The molecule has 0 saturated heterocycles. The van der Waals surface area contributed by atoms with E-state index in [1.54, 1.807) is 7.11 Å². The van der Waals surface area contributed by atoms with Crippen LogP contribution >= 0.6 is 0 Å². The van der Waals surface area contributed by atoms with E-state index in [4.69, 9.17) is 9.47 Å². The summed E-state index contributed by atoms with van der Waals surface area (Å²) < 4.78 is 10.4. The lowest BCUT2D eigenvalue weighted by Crippen LogP contribution is -2.36. The zero-order chi connectivity index (χ0) is 25.1. The molecule has 4 rings (SSSR count). The Labute approximate surface area is 207 Å². The van der Waals surface area contributed by atoms with Crippen LogP contribution in [0.1, 0.15) is 56.6 Å². The van der Waals surface area contributed by atoms with Gasteiger partial charge in [-0.1, -0.05) is 24.3 Å². The van der Waals surface area contributed by atoms with Crippen molar-refractivity contribution in [2.75, 3.05) is 32.2 Å². The molecule has 0 saturated carbocycles. The minimum absolute atomic E-state index is 0.0614. The fourth-order valence-electron chi connectivity index (χ4n) is 5.33. The van der Waals surface area contributed by atoms with Crippen molar-refractivity contribution in [3.63, 3.8) is 0 Å². The average molecular weight is 475 g/mol. The standard InChI is InChI=1S/C29H34N2O4/c1-6-31(7-2)22-12-8-20(9-13-22)27-26(29(33)35-5)18(3)30-24-16-21(17-25(32)28(24)27)19-10-14-23(34-4)15-11-19/h8-15,21,27,30H,6-7,16-17H2,1-5H3/t21-,27-/m0/s1. The first-order valence-electron chi connectivity index (χ1n) is 12.2. The largest absolute Gasteiger partial charge is 0.497 e. The molecule has 0 unspecified atom stereocenters. The maximum atomic E-state index is 13.6. The van der Waals surface area contributed by atoms with E-state index in [0.717, 1.165) is 47.0 Å². The van der Waals surface area contributed by atoms with Crippen LogP contribution in [0.2, 0.25) is 0 Å². The van der Waals surface area contributed by atoms with Crippen LogP contribution in [0, 0.1) is 0 Å². The minimum Gasteiger partial charge on any atom is -0.497 e. The number of dihydropyridines is 1. The van der Waals surface area contributed by atoms with Gasteiger partial charge < -0.3 is 19.7 Å². The van der Waals surface area contributed by atoms with Crippen LogP contribution in [-0.4, -0.2) is 39.1 Å². The molecule has 1 N–H and O–H groups in total. The predicted octanol–water partition coefficient (Wildman–Crippen LogP) is 5.08. The van der Waals surface area contributed by atoms with Gasteiger partial charge in [-0.05, 0) is 68.5 Å². The molecule has 35 heavy (non-hydrogen) atoms. The number of esters is 1. The number of nitrogens with one attached hydrogen (secondary N) is 1. The molecule has 0 bridgehead atoms. The quantitative estimate of drug-likeness (QED) is 0.565. The number of benzene rings is 2. The third kappa shape index (κ3) is 4.70. The molecule has 0 spiro atoms. The molecule has 6 nitrogen and oxygen atoms in total. The summed E-state index contributed by atoms with van der Waals surface area (Å²) in [7, 11) is 3.03. The van der Waals surface area contributed by atoms with E-state index in [1.165, 1.54) is 7.11 Å². The normalized spacial score (nSPS) is 19.7. The summed E-state index contributed by atoms with van der Waals surface area (Å²) >= 11 is 0. The zero-order valence-electron chi connectivity index (χ0n) is 21.2. The molecule has 2 aromatic rings. The molecule has 1 heterocycles. The molecule has 0 fully saturated rings. The average Bonchev–Trinajstić information content (AvgIpc) is 2.88. The Hall–Kier alpha value is -3.54. The number of rotatable bonds is 7. The van der Waals surface area contributed by atoms with Gasteiger partial charge in [0, 0.05) is 48.1 Å². The summed E-state index contributed by atoms with van der Waals surface area (Å²) in [5.74, 6) is 0.0589. The second-order valence-electron chi connectivity index (χ2n) is 9.05. The van der Waals surface area contributed by atoms with Crippen molar-refractivity contribution in [2.45, 2.75) is 45.4 Å². The fraction of sp³-hybridized carbons (Fsp3) is 0.379. The van der Waals surface area contributed by atoms with Gasteiger partial charge in [-0.15, -0.1) is 0 Å². The number of hydrogen-bond donors (Lipinski definition) is 1. The van der Waals surface area contributed by atoms with E-state index in [2.05, 4.69) is 36.2 Å². The van der Waals surface area contributed by atoms with Crippen LogP contribution in [0.15, 0.2) is 71.1 Å². The van der Waals surface area contributed by atoms with Crippen molar-refractivity contribution < 1.29 is 19.1 Å². The Bertz CT molecular complexity index is 1160. The minimum atomic E-state index is -0.450. The van der Waals surface area contributed by atoms with E-state index in [0.29, 0.717) is 24.0 Å². The number of allylic oxidation sites excluding steroid dienone is 3. The van der Waals surface area contributed by atoms with E-state index in [1.807, 2.05) is 43.3 Å². The summed E-state index contributed by atoms with van der Waals surface area (Å²) in [5.41, 5.74) is 5.95. The number of hydrogen-bond acceptors (Lipinski definition) is 6. The van der Waals surface area contributed by atoms with Crippen LogP contribution in [-0.2, 0) is 14.3 Å². The van der Waals surface area contributed by atoms with Gasteiger partial charge in [0.2, 0.25) is 0 Å². The molecule has 1 aliphatic heterocycles. The summed E-state index contributed by atoms with van der Waals surface area (Å²) in [4.78, 5) is 28.8. The summed E-state index contributed by atoms with van der Waals surface area (Å²) in [6.45, 7) is 7.96. The highest BCUT2D eigenvalue weighted by atomic mass is 16.5. The first kappa shape index (κ1) is 24.6. The van der Waals surface area contributed by atoms with Crippen LogP contribution in [0.5, 0.6) is 5.75 Å². The van der Waals surface area contributed by atoms with Gasteiger partial charge in [0.05, 0.1) is 19.8 Å². The van der Waals surface area contributed by atoms with Gasteiger partial charge in [-0.3, -0.25) is 4.79 Å². The second-order valence-corrected chi connectivity index (χ2v) is 9.05. The predicted molar refractivity (Wildman–Crippen MR) is 138 cm³/mol. The van der Waals surface area contributed by atoms with Crippen molar-refractivity contribution in [3.8, 4) is 5.75 Å². The molecule has 1 aliphatic carbocycles. The van der Waals surface area contributed by atoms with Crippen LogP contribution in [0.3, 0.4) is 0 Å². The maximum Gasteiger partial charge on any atom is 0.336 e. The Morgan fingerprint density at radius 3 is 2.17 bits per heavy atom. The number of ketones is 1. The van der Waals surface area contributed by atoms with Crippen molar-refractivity contribution in [2.24, 2.45) is 0 Å². The number of anilines is 1. The number of carbonyl (C=O) groups excluding carboxylic acids is 2. The van der Waals surface area contributed by atoms with E-state index < -0.39 is 11.9 Å². The first-order chi connectivity index (χ1) is 16.9. The Kier molecular flexibility index (Phi) is 7.29. The lowest BCUT2D eigenvalue weighted by Gasteiger charge is -2.36. The van der Waals surface area contributed by atoms with Gasteiger partial charge in [0.25, 0.3) is 0 Å². The SMILES string of the molecule is CCN(CC)c1ccc([C@H]2C(C(=O)OC)=C(C)NC3=C2C(=O)C[C@@H](c2ccc(OC)cc2)C3)cc1. The number of nitrogens with zero attached hydrogens (tertiary/aromatic N) is 1. The molecule has 0 amide bonds. The molecule has 2 atom stereocenters. The van der Waals surface area contributed by atoms with Crippen LogP contribution in [0.25, 0.3) is 0 Å². The van der Waals surface area contributed by atoms with Gasteiger partial charge in [-0.2, -0.15) is 0 Å². The van der Waals surface area contributed by atoms with Crippen molar-refractivity contribution in [1.82, 2.24) is 5.32 Å².